The van der Waals surface area contributed by atoms with Gasteiger partial charge in [0.05, 0.1) is 0 Å². The summed E-state index contributed by atoms with van der Waals surface area (Å²) in [6.07, 6.45) is 0.974. The summed E-state index contributed by atoms with van der Waals surface area (Å²) in [4.78, 5) is 11.0. The Balaban J connectivity index is 2.36. The molecule has 0 bridgehead atoms. The first-order valence-corrected chi connectivity index (χ1v) is 5.88. The molecule has 0 fully saturated rings. The predicted octanol–water partition coefficient (Wildman–Crippen LogP) is 4.24. The van der Waals surface area contributed by atoms with Gasteiger partial charge >= 0.3 is 5.97 Å². The number of benzene rings is 2. The van der Waals surface area contributed by atoms with Gasteiger partial charge in [-0.05, 0) is 23.8 Å². The van der Waals surface area contributed by atoms with Gasteiger partial charge in [0.15, 0.2) is 11.6 Å². The molecule has 0 aliphatic carbocycles. The Kier molecular flexibility index (Phi) is 3.97. The van der Waals surface area contributed by atoms with E-state index in [0.29, 0.717) is 16.1 Å². The third-order valence-electron chi connectivity index (χ3n) is 2.49. The Labute approximate surface area is 115 Å². The van der Waals surface area contributed by atoms with Crippen LogP contribution in [-0.4, -0.2) is 5.97 Å². The van der Waals surface area contributed by atoms with Crippen LogP contribution >= 0.6 is 11.6 Å². The third-order valence-corrected chi connectivity index (χ3v) is 2.82. The number of halogens is 2. The van der Waals surface area contributed by atoms with Crippen molar-refractivity contribution in [3.8, 4) is 16.9 Å². The van der Waals surface area contributed by atoms with E-state index < -0.39 is 11.8 Å². The summed E-state index contributed by atoms with van der Waals surface area (Å²) in [6, 6.07) is 11.4. The van der Waals surface area contributed by atoms with Gasteiger partial charge in [0.25, 0.3) is 0 Å². The molecular formula is C15H10ClFO2. The van der Waals surface area contributed by atoms with Gasteiger partial charge < -0.3 is 4.74 Å². The second-order valence-corrected chi connectivity index (χ2v) is 4.16. The lowest BCUT2D eigenvalue weighted by atomic mass is 10.1. The maximum absolute atomic E-state index is 13.8. The highest BCUT2D eigenvalue weighted by Crippen LogP contribution is 2.30. The van der Waals surface area contributed by atoms with Gasteiger partial charge in [-0.3, -0.25) is 0 Å². The Hall–Kier alpha value is -2.13. The fraction of sp³-hybridized carbons (Fsp3) is 0. The fourth-order valence-electron chi connectivity index (χ4n) is 1.60. The van der Waals surface area contributed by atoms with Gasteiger partial charge in [-0.2, -0.15) is 0 Å². The van der Waals surface area contributed by atoms with Crippen molar-refractivity contribution >= 4 is 17.6 Å². The number of hydrogen-bond acceptors (Lipinski definition) is 2. The SMILES string of the molecule is C=CC(=O)Oc1ccc(-c2ccccc2Cl)cc1F. The predicted molar refractivity (Wildman–Crippen MR) is 72.7 cm³/mol. The van der Waals surface area contributed by atoms with Crippen molar-refractivity contribution in [1.82, 2.24) is 0 Å². The number of rotatable bonds is 3. The number of carbonyl (C=O) groups is 1. The van der Waals surface area contributed by atoms with Crippen molar-refractivity contribution in [2.24, 2.45) is 0 Å². The Morgan fingerprint density at radius 1 is 1.26 bits per heavy atom. The molecule has 2 aromatic carbocycles. The molecule has 0 atom stereocenters. The van der Waals surface area contributed by atoms with E-state index in [1.54, 1.807) is 24.3 Å². The quantitative estimate of drug-likeness (QED) is 0.476. The number of hydrogen-bond donors (Lipinski definition) is 0. The fourth-order valence-corrected chi connectivity index (χ4v) is 1.84. The van der Waals surface area contributed by atoms with Crippen molar-refractivity contribution < 1.29 is 13.9 Å². The van der Waals surface area contributed by atoms with E-state index in [9.17, 15) is 9.18 Å². The van der Waals surface area contributed by atoms with E-state index in [1.165, 1.54) is 12.1 Å². The van der Waals surface area contributed by atoms with Crippen molar-refractivity contribution in [2.45, 2.75) is 0 Å². The van der Waals surface area contributed by atoms with E-state index in [-0.39, 0.29) is 5.75 Å². The lowest BCUT2D eigenvalue weighted by Gasteiger charge is -2.07. The minimum Gasteiger partial charge on any atom is -0.420 e. The first-order chi connectivity index (χ1) is 9.11. The Morgan fingerprint density at radius 2 is 2.00 bits per heavy atom. The first-order valence-electron chi connectivity index (χ1n) is 5.50. The van der Waals surface area contributed by atoms with Gasteiger partial charge in [0, 0.05) is 16.7 Å². The highest BCUT2D eigenvalue weighted by atomic mass is 35.5. The molecule has 0 aliphatic heterocycles. The normalized spacial score (nSPS) is 10.0. The van der Waals surface area contributed by atoms with Crippen molar-refractivity contribution in [3.63, 3.8) is 0 Å². The minimum atomic E-state index is -0.704. The second-order valence-electron chi connectivity index (χ2n) is 3.75. The number of ether oxygens (including phenoxy) is 1. The van der Waals surface area contributed by atoms with Gasteiger partial charge in [-0.25, -0.2) is 9.18 Å². The lowest BCUT2D eigenvalue weighted by Crippen LogP contribution is -2.04. The minimum absolute atomic E-state index is 0.138. The third kappa shape index (κ3) is 3.01. The topological polar surface area (TPSA) is 26.3 Å². The molecule has 0 heterocycles. The maximum atomic E-state index is 13.8. The molecule has 0 unspecified atom stereocenters. The molecule has 0 N–H and O–H groups in total. The van der Waals surface area contributed by atoms with Crippen LogP contribution in [0.2, 0.25) is 5.02 Å². The molecule has 2 rings (SSSR count). The van der Waals surface area contributed by atoms with Crippen LogP contribution in [0.4, 0.5) is 4.39 Å². The highest BCUT2D eigenvalue weighted by Gasteiger charge is 2.10. The van der Waals surface area contributed by atoms with Gasteiger partial charge in [0.2, 0.25) is 0 Å². The zero-order valence-corrected chi connectivity index (χ0v) is 10.7. The monoisotopic (exact) mass is 276 g/mol. The highest BCUT2D eigenvalue weighted by molar-refractivity contribution is 6.33. The molecule has 0 amide bonds. The van der Waals surface area contributed by atoms with Crippen LogP contribution in [0, 0.1) is 5.82 Å². The zero-order valence-electron chi connectivity index (χ0n) is 9.90. The average molecular weight is 277 g/mol. The Morgan fingerprint density at radius 3 is 2.63 bits per heavy atom. The maximum Gasteiger partial charge on any atom is 0.335 e. The molecule has 96 valence electrons. The molecule has 0 saturated carbocycles. The molecule has 0 aliphatic rings. The smallest absolute Gasteiger partial charge is 0.335 e. The van der Waals surface area contributed by atoms with E-state index in [0.717, 1.165) is 6.08 Å². The second kappa shape index (κ2) is 5.67. The van der Waals surface area contributed by atoms with Crippen LogP contribution < -0.4 is 4.74 Å². The van der Waals surface area contributed by atoms with Gasteiger partial charge in [0.1, 0.15) is 0 Å². The molecule has 19 heavy (non-hydrogen) atoms. The molecule has 0 spiro atoms. The zero-order chi connectivity index (χ0) is 13.8. The molecule has 0 aromatic heterocycles. The van der Waals surface area contributed by atoms with E-state index in [4.69, 9.17) is 16.3 Å². The van der Waals surface area contributed by atoms with Crippen LogP contribution in [0.3, 0.4) is 0 Å². The van der Waals surface area contributed by atoms with Crippen molar-refractivity contribution in [3.05, 3.63) is 66.0 Å². The molecule has 2 nitrogen and oxygen atoms in total. The lowest BCUT2D eigenvalue weighted by molar-refractivity contribution is -0.129. The first kappa shape index (κ1) is 13.3. The average Bonchev–Trinajstić information content (AvgIpc) is 2.41. The molecule has 4 heteroatoms. The summed E-state index contributed by atoms with van der Waals surface area (Å²) in [5.41, 5.74) is 1.33. The van der Waals surface area contributed by atoms with Crippen molar-refractivity contribution in [2.75, 3.05) is 0 Å². The van der Waals surface area contributed by atoms with E-state index in [2.05, 4.69) is 6.58 Å². The molecular weight excluding hydrogens is 267 g/mol. The van der Waals surface area contributed by atoms with Crippen molar-refractivity contribution in [1.29, 1.82) is 0 Å². The number of esters is 1. The summed E-state index contributed by atoms with van der Waals surface area (Å²) in [6.45, 7) is 3.25. The molecule has 2 aromatic rings. The summed E-state index contributed by atoms with van der Waals surface area (Å²) in [5.74, 6) is -1.47. The Bertz CT molecular complexity index is 638. The molecule has 0 saturated heterocycles. The van der Waals surface area contributed by atoms with E-state index in [1.807, 2.05) is 6.07 Å². The van der Waals surface area contributed by atoms with Gasteiger partial charge in [-0.15, -0.1) is 0 Å². The summed E-state index contributed by atoms with van der Waals surface area (Å²) in [5, 5.41) is 0.526. The standard InChI is InChI=1S/C15H10ClFO2/c1-2-15(18)19-14-8-7-10(9-13(14)17)11-5-3-4-6-12(11)16/h2-9H,1H2. The number of carbonyl (C=O) groups excluding carboxylic acids is 1. The van der Waals surface area contributed by atoms with Crippen LogP contribution in [-0.2, 0) is 4.79 Å². The molecule has 0 radical (unpaired) electrons. The summed E-state index contributed by atoms with van der Waals surface area (Å²) < 4.78 is 18.6. The van der Waals surface area contributed by atoms with Crippen LogP contribution in [0.5, 0.6) is 5.75 Å². The van der Waals surface area contributed by atoms with Crippen LogP contribution in [0.1, 0.15) is 0 Å². The summed E-state index contributed by atoms with van der Waals surface area (Å²) >= 11 is 6.04. The van der Waals surface area contributed by atoms with Crippen LogP contribution in [0.25, 0.3) is 11.1 Å². The van der Waals surface area contributed by atoms with Gasteiger partial charge in [-0.1, -0.05) is 42.4 Å². The summed E-state index contributed by atoms with van der Waals surface area (Å²) in [7, 11) is 0. The van der Waals surface area contributed by atoms with E-state index >= 15 is 0 Å². The van der Waals surface area contributed by atoms with Crippen LogP contribution in [0.15, 0.2) is 55.1 Å². The largest absolute Gasteiger partial charge is 0.420 e.